The molecule has 0 saturated carbocycles. The molecule has 0 saturated heterocycles. The van der Waals surface area contributed by atoms with E-state index in [-0.39, 0.29) is 0 Å². The van der Waals surface area contributed by atoms with Gasteiger partial charge in [-0.1, -0.05) is 6.92 Å². The molecule has 0 aliphatic rings. The van der Waals surface area contributed by atoms with Crippen LogP contribution in [0.1, 0.15) is 19.7 Å². The predicted octanol–water partition coefficient (Wildman–Crippen LogP) is 0.368. The summed E-state index contributed by atoms with van der Waals surface area (Å²) in [5.41, 5.74) is 0. The largest absolute Gasteiger partial charge is 0.357 e. The fraction of sp³-hybridized carbons (Fsp3) is 0.727. The molecule has 0 aliphatic heterocycles. The van der Waals surface area contributed by atoms with Gasteiger partial charge in [-0.15, -0.1) is 10.2 Å². The van der Waals surface area contributed by atoms with Gasteiger partial charge in [0, 0.05) is 33.6 Å². The number of nitrogens with one attached hydrogen (secondary N) is 1. The maximum Gasteiger partial charge on any atom is 0.193 e. The Bertz CT molecular complexity index is 355. The summed E-state index contributed by atoms with van der Waals surface area (Å²) in [6, 6.07) is 0. The van der Waals surface area contributed by atoms with Gasteiger partial charge in [0.15, 0.2) is 5.96 Å². The highest BCUT2D eigenvalue weighted by Crippen LogP contribution is 1.96. The summed E-state index contributed by atoms with van der Waals surface area (Å²) in [6.07, 6.45) is 2.66. The number of rotatable bonds is 5. The van der Waals surface area contributed by atoms with E-state index in [9.17, 15) is 0 Å². The number of hydrogen-bond donors (Lipinski definition) is 1. The van der Waals surface area contributed by atoms with Crippen molar-refractivity contribution in [2.45, 2.75) is 26.8 Å². The Balaban J connectivity index is 2.52. The first-order valence-electron chi connectivity index (χ1n) is 6.01. The summed E-state index contributed by atoms with van der Waals surface area (Å²) in [4.78, 5) is 6.50. The molecule has 0 unspecified atom stereocenters. The van der Waals surface area contributed by atoms with Gasteiger partial charge >= 0.3 is 0 Å². The van der Waals surface area contributed by atoms with Crippen LogP contribution in [0.25, 0.3) is 0 Å². The Hall–Kier alpha value is -1.59. The summed E-state index contributed by atoms with van der Waals surface area (Å²) >= 11 is 0. The summed E-state index contributed by atoms with van der Waals surface area (Å²) in [6.45, 7) is 6.57. The SMILES string of the molecule is CCNC(=NCCn1cnnc1CC)N(C)C. The molecule has 0 aromatic carbocycles. The maximum absolute atomic E-state index is 4.52. The van der Waals surface area contributed by atoms with Crippen LogP contribution < -0.4 is 5.32 Å². The smallest absolute Gasteiger partial charge is 0.193 e. The van der Waals surface area contributed by atoms with E-state index < -0.39 is 0 Å². The van der Waals surface area contributed by atoms with Crippen LogP contribution in [0.4, 0.5) is 0 Å². The van der Waals surface area contributed by atoms with E-state index in [1.54, 1.807) is 6.33 Å². The third-order valence-corrected chi connectivity index (χ3v) is 2.37. The lowest BCUT2D eigenvalue weighted by molar-refractivity contribution is 0.576. The van der Waals surface area contributed by atoms with Gasteiger partial charge in [0.25, 0.3) is 0 Å². The number of hydrogen-bond acceptors (Lipinski definition) is 3. The van der Waals surface area contributed by atoms with E-state index in [1.165, 1.54) is 0 Å². The lowest BCUT2D eigenvalue weighted by Gasteiger charge is -2.16. The normalized spacial score (nSPS) is 11.6. The number of guanidine groups is 1. The van der Waals surface area contributed by atoms with Gasteiger partial charge in [0.1, 0.15) is 12.2 Å². The van der Waals surface area contributed by atoms with Crippen LogP contribution in [0.5, 0.6) is 0 Å². The van der Waals surface area contributed by atoms with Gasteiger partial charge in [-0.25, -0.2) is 0 Å². The fourth-order valence-corrected chi connectivity index (χ4v) is 1.52. The minimum atomic E-state index is 0.728. The second kappa shape index (κ2) is 6.88. The lowest BCUT2D eigenvalue weighted by Crippen LogP contribution is -2.36. The molecule has 0 spiro atoms. The zero-order valence-electron chi connectivity index (χ0n) is 11.1. The molecule has 1 aromatic rings. The third-order valence-electron chi connectivity index (χ3n) is 2.37. The average Bonchev–Trinajstić information content (AvgIpc) is 2.75. The summed E-state index contributed by atoms with van der Waals surface area (Å²) in [7, 11) is 3.97. The molecule has 0 amide bonds. The first kappa shape index (κ1) is 13.5. The van der Waals surface area contributed by atoms with Crippen LogP contribution in [0.2, 0.25) is 0 Å². The van der Waals surface area contributed by atoms with Crippen molar-refractivity contribution >= 4 is 5.96 Å². The maximum atomic E-state index is 4.52. The fourth-order valence-electron chi connectivity index (χ4n) is 1.52. The van der Waals surface area contributed by atoms with Gasteiger partial charge < -0.3 is 14.8 Å². The van der Waals surface area contributed by atoms with Crippen molar-refractivity contribution in [3.63, 3.8) is 0 Å². The Morgan fingerprint density at radius 2 is 2.24 bits per heavy atom. The average molecular weight is 238 g/mol. The van der Waals surface area contributed by atoms with Crippen molar-refractivity contribution in [2.75, 3.05) is 27.2 Å². The minimum absolute atomic E-state index is 0.728. The number of nitrogens with zero attached hydrogens (tertiary/aromatic N) is 5. The highest BCUT2D eigenvalue weighted by atomic mass is 15.3. The molecular weight excluding hydrogens is 216 g/mol. The van der Waals surface area contributed by atoms with Crippen LogP contribution in [-0.2, 0) is 13.0 Å². The summed E-state index contributed by atoms with van der Waals surface area (Å²) in [5, 5.41) is 11.2. The summed E-state index contributed by atoms with van der Waals surface area (Å²) < 4.78 is 2.04. The first-order chi connectivity index (χ1) is 8.19. The molecule has 6 heteroatoms. The quantitative estimate of drug-likeness (QED) is 0.595. The molecule has 1 N–H and O–H groups in total. The van der Waals surface area contributed by atoms with Crippen molar-refractivity contribution in [1.29, 1.82) is 0 Å². The molecule has 0 fully saturated rings. The van der Waals surface area contributed by atoms with Crippen LogP contribution in [0.15, 0.2) is 11.3 Å². The molecule has 17 heavy (non-hydrogen) atoms. The Morgan fingerprint density at radius 3 is 2.82 bits per heavy atom. The monoisotopic (exact) mass is 238 g/mol. The van der Waals surface area contributed by atoms with Crippen molar-refractivity contribution in [3.05, 3.63) is 12.2 Å². The number of aromatic nitrogens is 3. The van der Waals surface area contributed by atoms with Gasteiger partial charge in [-0.05, 0) is 6.92 Å². The number of aliphatic imine (C=N–C) groups is 1. The van der Waals surface area contributed by atoms with Crippen LogP contribution in [-0.4, -0.2) is 52.8 Å². The second-order valence-electron chi connectivity index (χ2n) is 3.92. The zero-order valence-corrected chi connectivity index (χ0v) is 11.1. The molecule has 0 aliphatic carbocycles. The van der Waals surface area contributed by atoms with Crippen molar-refractivity contribution in [1.82, 2.24) is 25.0 Å². The highest BCUT2D eigenvalue weighted by Gasteiger charge is 2.02. The molecule has 6 nitrogen and oxygen atoms in total. The Morgan fingerprint density at radius 1 is 1.47 bits per heavy atom. The van der Waals surface area contributed by atoms with Crippen molar-refractivity contribution < 1.29 is 0 Å². The molecule has 96 valence electrons. The lowest BCUT2D eigenvalue weighted by atomic mass is 10.4. The van der Waals surface area contributed by atoms with Crippen LogP contribution >= 0.6 is 0 Å². The third kappa shape index (κ3) is 4.05. The number of aryl methyl sites for hydroxylation is 1. The Labute approximate surface area is 103 Å². The molecule has 1 rings (SSSR count). The van der Waals surface area contributed by atoms with E-state index in [0.717, 1.165) is 37.8 Å². The standard InChI is InChI=1S/C11H22N6/c1-5-10-15-14-9-17(10)8-7-13-11(12-6-2)16(3)4/h9H,5-8H2,1-4H3,(H,12,13). The minimum Gasteiger partial charge on any atom is -0.357 e. The highest BCUT2D eigenvalue weighted by molar-refractivity contribution is 5.79. The van der Waals surface area contributed by atoms with Crippen molar-refractivity contribution in [2.24, 2.45) is 4.99 Å². The van der Waals surface area contributed by atoms with Crippen molar-refractivity contribution in [3.8, 4) is 0 Å². The van der Waals surface area contributed by atoms with E-state index in [1.807, 2.05) is 23.6 Å². The Kier molecular flexibility index (Phi) is 5.45. The second-order valence-corrected chi connectivity index (χ2v) is 3.92. The molecule has 0 radical (unpaired) electrons. The molecule has 1 aromatic heterocycles. The van der Waals surface area contributed by atoms with Gasteiger partial charge in [0.2, 0.25) is 0 Å². The molecule has 0 atom stereocenters. The van der Waals surface area contributed by atoms with E-state index in [4.69, 9.17) is 0 Å². The molecular formula is C11H22N6. The van der Waals surface area contributed by atoms with Crippen LogP contribution in [0, 0.1) is 0 Å². The molecule has 1 heterocycles. The first-order valence-corrected chi connectivity index (χ1v) is 6.01. The molecule has 0 bridgehead atoms. The van der Waals surface area contributed by atoms with Gasteiger partial charge in [-0.2, -0.15) is 0 Å². The topological polar surface area (TPSA) is 58.3 Å². The predicted molar refractivity (Wildman–Crippen MR) is 69.1 cm³/mol. The zero-order chi connectivity index (χ0) is 12.7. The summed E-state index contributed by atoms with van der Waals surface area (Å²) in [5.74, 6) is 1.92. The van der Waals surface area contributed by atoms with E-state index >= 15 is 0 Å². The van der Waals surface area contributed by atoms with E-state index in [2.05, 4.69) is 34.4 Å². The van der Waals surface area contributed by atoms with Gasteiger partial charge in [-0.3, -0.25) is 4.99 Å². The van der Waals surface area contributed by atoms with Gasteiger partial charge in [0.05, 0.1) is 6.54 Å². The van der Waals surface area contributed by atoms with E-state index in [0.29, 0.717) is 0 Å². The van der Waals surface area contributed by atoms with Crippen LogP contribution in [0.3, 0.4) is 0 Å².